The summed E-state index contributed by atoms with van der Waals surface area (Å²) >= 11 is 2.90. The van der Waals surface area contributed by atoms with Gasteiger partial charge >= 0.3 is 147 Å². The van der Waals surface area contributed by atoms with E-state index < -0.39 is 0 Å². The topological polar surface area (TPSA) is 26.3 Å². The van der Waals surface area contributed by atoms with Crippen LogP contribution in [0.2, 0.25) is 0 Å². The number of carbonyl (C=O) groups excluding carboxylic acids is 1. The summed E-state index contributed by atoms with van der Waals surface area (Å²) in [4.78, 5) is 15.1. The molecule has 0 saturated heterocycles. The number of ether oxygens (including phenoxy) is 1. The zero-order valence-electron chi connectivity index (χ0n) is 12.4. The third kappa shape index (κ3) is 2.65. The average Bonchev–Trinajstić information content (AvgIpc) is 3.13. The molecule has 0 aromatic carbocycles. The third-order valence-electron chi connectivity index (χ3n) is 5.84. The molecule has 3 aliphatic carbocycles. The summed E-state index contributed by atoms with van der Waals surface area (Å²) in [5, 5.41) is 0. The predicted octanol–water partition coefficient (Wildman–Crippen LogP) is 0.799. The van der Waals surface area contributed by atoms with Crippen LogP contribution in [0.3, 0.4) is 0 Å². The van der Waals surface area contributed by atoms with Gasteiger partial charge in [-0.1, -0.05) is 0 Å². The summed E-state index contributed by atoms with van der Waals surface area (Å²) in [6.07, 6.45) is 8.05. The molecule has 0 spiro atoms. The first-order valence-electron chi connectivity index (χ1n) is 7.95. The number of rotatable bonds is 4. The molecule has 3 fully saturated rings. The van der Waals surface area contributed by atoms with Gasteiger partial charge in [-0.15, -0.1) is 0 Å². The van der Waals surface area contributed by atoms with Crippen molar-refractivity contribution >= 4 is 28.6 Å². The van der Waals surface area contributed by atoms with E-state index in [4.69, 9.17) is 4.74 Å². The zero-order chi connectivity index (χ0) is 14.3. The van der Waals surface area contributed by atoms with Crippen molar-refractivity contribution < 1.29 is 30.7 Å². The standard InChI is InChI=1S/C16H25I2O2/c1-3-16(6-4-5-7-16)20-15(19)12-9-10-8-11(12)14(18-2)13(10)17/h10-14H,3-9H2,1-2H3/q-1. The molecule has 3 rings (SSSR count). The van der Waals surface area contributed by atoms with E-state index in [1.165, 1.54) is 19.3 Å². The molecule has 5 unspecified atom stereocenters. The summed E-state index contributed by atoms with van der Waals surface area (Å²) in [5.41, 5.74) is -0.0978. The summed E-state index contributed by atoms with van der Waals surface area (Å²) in [7, 11) is 0. The molecular weight excluding hydrogens is 478 g/mol. The zero-order valence-corrected chi connectivity index (χ0v) is 16.7. The van der Waals surface area contributed by atoms with Crippen LogP contribution in [0.15, 0.2) is 0 Å². The average molecular weight is 503 g/mol. The summed E-state index contributed by atoms with van der Waals surface area (Å²) in [6, 6.07) is 0. The van der Waals surface area contributed by atoms with Gasteiger partial charge in [0.15, 0.2) is 0 Å². The molecule has 0 heterocycles. The van der Waals surface area contributed by atoms with Crippen LogP contribution in [0.4, 0.5) is 0 Å². The van der Waals surface area contributed by atoms with Gasteiger partial charge in [0.05, 0.1) is 0 Å². The summed E-state index contributed by atoms with van der Waals surface area (Å²) in [5.74, 6) is 1.85. The van der Waals surface area contributed by atoms with E-state index in [1.807, 2.05) is 0 Å². The van der Waals surface area contributed by atoms with Crippen LogP contribution in [0, 0.1) is 17.8 Å². The number of halogens is 2. The Morgan fingerprint density at radius 1 is 1.35 bits per heavy atom. The molecule has 4 heteroatoms. The Morgan fingerprint density at radius 3 is 2.60 bits per heavy atom. The van der Waals surface area contributed by atoms with Crippen LogP contribution in [0.1, 0.15) is 51.9 Å². The van der Waals surface area contributed by atoms with E-state index >= 15 is 0 Å². The molecule has 0 N–H and O–H groups in total. The van der Waals surface area contributed by atoms with Gasteiger partial charge in [0.1, 0.15) is 0 Å². The Bertz CT molecular complexity index is 379. The maximum atomic E-state index is 12.7. The molecule has 0 aliphatic heterocycles. The minimum absolute atomic E-state index is 0.0978. The van der Waals surface area contributed by atoms with Crippen molar-refractivity contribution in [2.45, 2.75) is 65.3 Å². The molecule has 0 radical (unpaired) electrons. The number of hydrogen-bond donors (Lipinski definition) is 0. The Hall–Kier alpha value is 0.930. The monoisotopic (exact) mass is 503 g/mol. The molecule has 3 saturated carbocycles. The van der Waals surface area contributed by atoms with Crippen molar-refractivity contribution in [3.05, 3.63) is 0 Å². The van der Waals surface area contributed by atoms with Gasteiger partial charge in [-0.25, -0.2) is 0 Å². The minimum atomic E-state index is -0.0978. The Kier molecular flexibility index (Phi) is 4.90. The molecule has 20 heavy (non-hydrogen) atoms. The van der Waals surface area contributed by atoms with Gasteiger partial charge < -0.3 is 0 Å². The number of fused-ring (bicyclic) bond motifs is 2. The van der Waals surface area contributed by atoms with E-state index in [1.54, 1.807) is 0 Å². The number of hydrogen-bond acceptors (Lipinski definition) is 2. The SMILES string of the molecule is CCC1(OC(=O)C2CC3CC2C([I-]C)C3I)CCCC1. The molecule has 0 amide bonds. The van der Waals surface area contributed by atoms with Crippen LogP contribution in [-0.4, -0.2) is 24.4 Å². The van der Waals surface area contributed by atoms with Gasteiger partial charge in [-0.05, 0) is 0 Å². The van der Waals surface area contributed by atoms with Gasteiger partial charge in [-0.3, -0.25) is 0 Å². The predicted molar refractivity (Wildman–Crippen MR) is 84.8 cm³/mol. The Balaban J connectivity index is 1.67. The quantitative estimate of drug-likeness (QED) is 0.323. The van der Waals surface area contributed by atoms with E-state index in [0.717, 1.165) is 39.5 Å². The van der Waals surface area contributed by atoms with Gasteiger partial charge in [0.2, 0.25) is 0 Å². The van der Waals surface area contributed by atoms with Gasteiger partial charge in [-0.2, -0.15) is 0 Å². The van der Waals surface area contributed by atoms with E-state index in [9.17, 15) is 4.79 Å². The molecular formula is C16H25I2O2-. The van der Waals surface area contributed by atoms with Crippen LogP contribution in [0.25, 0.3) is 0 Å². The number of alkyl halides is 3. The van der Waals surface area contributed by atoms with E-state index in [-0.39, 0.29) is 38.7 Å². The molecule has 116 valence electrons. The fourth-order valence-corrected chi connectivity index (χ4v) is 10.5. The fraction of sp³-hybridized carbons (Fsp3) is 0.938. The normalized spacial score (nSPS) is 42.2. The Labute approximate surface area is 146 Å². The van der Waals surface area contributed by atoms with Crippen LogP contribution < -0.4 is 21.2 Å². The third-order valence-corrected chi connectivity index (χ3v) is 12.1. The van der Waals surface area contributed by atoms with Crippen LogP contribution in [0.5, 0.6) is 0 Å². The number of esters is 1. The Morgan fingerprint density at radius 2 is 2.05 bits per heavy atom. The second kappa shape index (κ2) is 6.20. The number of carbonyl (C=O) groups is 1. The first-order chi connectivity index (χ1) is 9.60. The van der Waals surface area contributed by atoms with Crippen LogP contribution in [-0.2, 0) is 9.53 Å². The maximum absolute atomic E-state index is 12.7. The van der Waals surface area contributed by atoms with Crippen molar-refractivity contribution in [3.8, 4) is 0 Å². The molecule has 3 aliphatic rings. The van der Waals surface area contributed by atoms with Crippen molar-refractivity contribution in [2.24, 2.45) is 17.8 Å². The molecule has 5 atom stereocenters. The van der Waals surface area contributed by atoms with Crippen molar-refractivity contribution in [1.29, 1.82) is 0 Å². The van der Waals surface area contributed by atoms with E-state index in [0.29, 0.717) is 5.92 Å². The van der Waals surface area contributed by atoms with Crippen molar-refractivity contribution in [2.75, 3.05) is 4.93 Å². The first-order valence-corrected chi connectivity index (χ1v) is 12.6. The van der Waals surface area contributed by atoms with Gasteiger partial charge in [0, 0.05) is 0 Å². The second-order valence-corrected chi connectivity index (χ2v) is 10.9. The summed E-state index contributed by atoms with van der Waals surface area (Å²) < 4.78 is 7.78. The van der Waals surface area contributed by atoms with Gasteiger partial charge in [0.25, 0.3) is 0 Å². The fourth-order valence-electron chi connectivity index (χ4n) is 4.61. The van der Waals surface area contributed by atoms with E-state index in [2.05, 4.69) is 34.4 Å². The van der Waals surface area contributed by atoms with Crippen molar-refractivity contribution in [1.82, 2.24) is 0 Å². The second-order valence-electron chi connectivity index (χ2n) is 6.77. The van der Waals surface area contributed by atoms with Crippen LogP contribution >= 0.6 is 22.6 Å². The molecule has 0 aromatic rings. The summed E-state index contributed by atoms with van der Waals surface area (Å²) in [6.45, 7) is 2.18. The molecule has 0 aromatic heterocycles. The molecule has 2 bridgehead atoms. The molecule has 2 nitrogen and oxygen atoms in total. The first kappa shape index (κ1) is 15.8. The van der Waals surface area contributed by atoms with Crippen molar-refractivity contribution in [3.63, 3.8) is 0 Å².